The van der Waals surface area contributed by atoms with Crippen LogP contribution >= 0.6 is 0 Å². The fraction of sp³-hybridized carbons (Fsp3) is 0.857. The van der Waals surface area contributed by atoms with E-state index in [0.717, 1.165) is 32.0 Å². The molecule has 1 saturated heterocycles. The van der Waals surface area contributed by atoms with Gasteiger partial charge in [-0.2, -0.15) is 0 Å². The molecule has 114 valence electrons. The number of piperazine rings is 1. The molecule has 0 aromatic rings. The minimum absolute atomic E-state index is 0.232. The smallest absolute Gasteiger partial charge is 0.326 e. The van der Waals surface area contributed by atoms with Gasteiger partial charge in [-0.3, -0.25) is 4.90 Å². The van der Waals surface area contributed by atoms with Gasteiger partial charge >= 0.3 is 12.0 Å². The van der Waals surface area contributed by atoms with Gasteiger partial charge in [-0.05, 0) is 19.3 Å². The molecule has 0 aromatic carbocycles. The number of carbonyl (C=O) groups excluding carboxylic acids is 1. The largest absolute Gasteiger partial charge is 0.480 e. The van der Waals surface area contributed by atoms with E-state index in [-0.39, 0.29) is 6.03 Å². The van der Waals surface area contributed by atoms with Crippen molar-refractivity contribution < 1.29 is 14.7 Å². The fourth-order valence-electron chi connectivity index (χ4n) is 2.64. The lowest BCUT2D eigenvalue weighted by atomic mass is 10.1. The Hall–Kier alpha value is -1.30. The van der Waals surface area contributed by atoms with Crippen LogP contribution in [0.1, 0.15) is 39.0 Å². The van der Waals surface area contributed by atoms with Crippen LogP contribution in [-0.4, -0.2) is 65.2 Å². The highest BCUT2D eigenvalue weighted by Crippen LogP contribution is 2.27. The summed E-state index contributed by atoms with van der Waals surface area (Å²) in [5.41, 5.74) is 0. The van der Waals surface area contributed by atoms with Crippen LogP contribution in [0.4, 0.5) is 4.79 Å². The molecule has 2 rings (SSSR count). The minimum atomic E-state index is -0.941. The Morgan fingerprint density at radius 2 is 1.90 bits per heavy atom. The van der Waals surface area contributed by atoms with Crippen molar-refractivity contribution in [1.82, 2.24) is 15.1 Å². The number of unbranched alkanes of at least 4 members (excludes halogenated alkanes) is 1. The predicted octanol–water partition coefficient (Wildman–Crippen LogP) is 1.12. The number of hydrogen-bond acceptors (Lipinski definition) is 3. The van der Waals surface area contributed by atoms with Crippen LogP contribution in [0.2, 0.25) is 0 Å². The molecule has 1 heterocycles. The third kappa shape index (κ3) is 4.10. The topological polar surface area (TPSA) is 72.9 Å². The second kappa shape index (κ2) is 6.92. The molecule has 0 aromatic heterocycles. The number of carboxylic acid groups (broad SMARTS) is 1. The van der Waals surface area contributed by atoms with Gasteiger partial charge < -0.3 is 15.3 Å². The van der Waals surface area contributed by atoms with Gasteiger partial charge in [-0.25, -0.2) is 9.59 Å². The first-order valence-corrected chi connectivity index (χ1v) is 7.64. The van der Waals surface area contributed by atoms with E-state index in [9.17, 15) is 9.59 Å². The highest BCUT2D eigenvalue weighted by atomic mass is 16.4. The Labute approximate surface area is 120 Å². The van der Waals surface area contributed by atoms with Gasteiger partial charge in [0.25, 0.3) is 0 Å². The number of aliphatic carboxylic acids is 1. The molecular weight excluding hydrogens is 258 g/mol. The molecule has 1 saturated carbocycles. The molecule has 0 radical (unpaired) electrons. The molecule has 6 heteroatoms. The molecule has 2 N–H and O–H groups in total. The van der Waals surface area contributed by atoms with Crippen molar-refractivity contribution in [2.24, 2.45) is 0 Å². The molecule has 1 unspecified atom stereocenters. The van der Waals surface area contributed by atoms with E-state index < -0.39 is 12.0 Å². The monoisotopic (exact) mass is 283 g/mol. The van der Waals surface area contributed by atoms with Crippen molar-refractivity contribution in [3.05, 3.63) is 0 Å². The Balaban J connectivity index is 1.76. The standard InChI is InChI=1S/C14H25N3O3/c1-2-3-4-12(13(18)19)15-14(20)17-9-7-16(8-10-17)11-5-6-11/h11-12H,2-10H2,1H3,(H,15,20)(H,18,19). The lowest BCUT2D eigenvalue weighted by molar-refractivity contribution is -0.139. The van der Waals surface area contributed by atoms with E-state index in [1.54, 1.807) is 4.90 Å². The van der Waals surface area contributed by atoms with Gasteiger partial charge in [0.1, 0.15) is 6.04 Å². The van der Waals surface area contributed by atoms with E-state index in [1.807, 2.05) is 6.92 Å². The predicted molar refractivity (Wildman–Crippen MR) is 75.6 cm³/mol. The van der Waals surface area contributed by atoms with Gasteiger partial charge in [0.05, 0.1) is 0 Å². The van der Waals surface area contributed by atoms with Crippen molar-refractivity contribution in [3.63, 3.8) is 0 Å². The highest BCUT2D eigenvalue weighted by molar-refractivity contribution is 5.82. The SMILES string of the molecule is CCCCC(NC(=O)N1CCN(C2CC2)CC1)C(=O)O. The zero-order chi connectivity index (χ0) is 14.5. The summed E-state index contributed by atoms with van der Waals surface area (Å²) in [5, 5.41) is 11.8. The summed E-state index contributed by atoms with van der Waals surface area (Å²) in [6.45, 7) is 5.22. The molecule has 20 heavy (non-hydrogen) atoms. The first-order chi connectivity index (χ1) is 9.61. The molecule has 1 aliphatic heterocycles. The highest BCUT2D eigenvalue weighted by Gasteiger charge is 2.32. The molecule has 6 nitrogen and oxygen atoms in total. The molecule has 1 atom stereocenters. The van der Waals surface area contributed by atoms with Crippen molar-refractivity contribution in [2.45, 2.75) is 51.1 Å². The third-order valence-corrected chi connectivity index (χ3v) is 4.11. The summed E-state index contributed by atoms with van der Waals surface area (Å²) in [4.78, 5) is 27.4. The summed E-state index contributed by atoms with van der Waals surface area (Å²) in [7, 11) is 0. The van der Waals surface area contributed by atoms with Crippen LogP contribution in [0.3, 0.4) is 0 Å². The number of rotatable bonds is 6. The van der Waals surface area contributed by atoms with Gasteiger partial charge in [0.2, 0.25) is 0 Å². The van der Waals surface area contributed by atoms with Crippen molar-refractivity contribution in [1.29, 1.82) is 0 Å². The minimum Gasteiger partial charge on any atom is -0.480 e. The normalized spacial score (nSPS) is 21.6. The second-order valence-electron chi connectivity index (χ2n) is 5.74. The van der Waals surface area contributed by atoms with Gasteiger partial charge in [-0.15, -0.1) is 0 Å². The van der Waals surface area contributed by atoms with Gasteiger partial charge in [0, 0.05) is 32.2 Å². The molecule has 0 spiro atoms. The van der Waals surface area contributed by atoms with E-state index >= 15 is 0 Å². The number of nitrogens with zero attached hydrogens (tertiary/aromatic N) is 2. The Morgan fingerprint density at radius 1 is 1.25 bits per heavy atom. The summed E-state index contributed by atoms with van der Waals surface area (Å²) >= 11 is 0. The summed E-state index contributed by atoms with van der Waals surface area (Å²) in [6.07, 6.45) is 4.81. The Morgan fingerprint density at radius 3 is 2.40 bits per heavy atom. The van der Waals surface area contributed by atoms with E-state index in [2.05, 4.69) is 10.2 Å². The first-order valence-electron chi connectivity index (χ1n) is 7.64. The zero-order valence-electron chi connectivity index (χ0n) is 12.2. The lowest BCUT2D eigenvalue weighted by Crippen LogP contribution is -2.54. The quantitative estimate of drug-likeness (QED) is 0.766. The summed E-state index contributed by atoms with van der Waals surface area (Å²) in [5.74, 6) is -0.941. The number of amides is 2. The van der Waals surface area contributed by atoms with Crippen molar-refractivity contribution >= 4 is 12.0 Å². The molecule has 1 aliphatic carbocycles. The third-order valence-electron chi connectivity index (χ3n) is 4.11. The van der Waals surface area contributed by atoms with E-state index in [4.69, 9.17) is 5.11 Å². The van der Waals surface area contributed by atoms with Crippen LogP contribution in [0.15, 0.2) is 0 Å². The average Bonchev–Trinajstić information content (AvgIpc) is 3.27. The lowest BCUT2D eigenvalue weighted by Gasteiger charge is -2.35. The van der Waals surface area contributed by atoms with E-state index in [1.165, 1.54) is 12.8 Å². The Bertz CT molecular complexity index is 350. The zero-order valence-corrected chi connectivity index (χ0v) is 12.2. The number of urea groups is 1. The van der Waals surface area contributed by atoms with Gasteiger partial charge in [0.15, 0.2) is 0 Å². The number of nitrogens with one attached hydrogen (secondary N) is 1. The number of carbonyl (C=O) groups is 2. The van der Waals surface area contributed by atoms with Gasteiger partial charge in [-0.1, -0.05) is 19.8 Å². The number of carboxylic acids is 1. The second-order valence-corrected chi connectivity index (χ2v) is 5.74. The molecule has 2 aliphatic rings. The fourth-order valence-corrected chi connectivity index (χ4v) is 2.64. The average molecular weight is 283 g/mol. The van der Waals surface area contributed by atoms with Crippen LogP contribution < -0.4 is 5.32 Å². The van der Waals surface area contributed by atoms with E-state index in [0.29, 0.717) is 19.5 Å². The maximum atomic E-state index is 12.1. The summed E-state index contributed by atoms with van der Waals surface area (Å²) in [6, 6.07) is -0.260. The van der Waals surface area contributed by atoms with Crippen molar-refractivity contribution in [2.75, 3.05) is 26.2 Å². The molecule has 2 amide bonds. The van der Waals surface area contributed by atoms with Crippen LogP contribution in [-0.2, 0) is 4.79 Å². The van der Waals surface area contributed by atoms with Crippen LogP contribution in [0.5, 0.6) is 0 Å². The van der Waals surface area contributed by atoms with Crippen LogP contribution in [0.25, 0.3) is 0 Å². The Kier molecular flexibility index (Phi) is 5.23. The van der Waals surface area contributed by atoms with Crippen molar-refractivity contribution in [3.8, 4) is 0 Å². The summed E-state index contributed by atoms with van der Waals surface area (Å²) < 4.78 is 0. The number of hydrogen-bond donors (Lipinski definition) is 2. The maximum Gasteiger partial charge on any atom is 0.326 e. The molecular formula is C14H25N3O3. The molecule has 0 bridgehead atoms. The first kappa shape index (κ1) is 15.1. The maximum absolute atomic E-state index is 12.1. The van der Waals surface area contributed by atoms with Crippen LogP contribution in [0, 0.1) is 0 Å². The molecule has 2 fully saturated rings.